The molecule has 0 spiro atoms. The summed E-state index contributed by atoms with van der Waals surface area (Å²) in [5, 5.41) is 0. The molecule has 0 unspecified atom stereocenters. The van der Waals surface area contributed by atoms with E-state index < -0.39 is 0 Å². The molecule has 0 aromatic rings. The standard InChI is InChI=1S/C11H9NO3/c1-2-5-12-10(13)8-6-3-4-7(15-6)9(8)11(12)14/h1,3-4,6-9H,5H2/t6-,7+,8-,9+. The van der Waals surface area contributed by atoms with Crippen LogP contribution in [0.1, 0.15) is 0 Å². The molecule has 0 aromatic carbocycles. The van der Waals surface area contributed by atoms with Gasteiger partial charge in [0.05, 0.1) is 30.6 Å². The van der Waals surface area contributed by atoms with Gasteiger partial charge in [0, 0.05) is 0 Å². The highest BCUT2D eigenvalue weighted by Crippen LogP contribution is 2.44. The number of hydrogen-bond donors (Lipinski definition) is 0. The Hall–Kier alpha value is -1.60. The minimum absolute atomic E-state index is 0.0735. The third-order valence-corrected chi connectivity index (χ3v) is 3.25. The number of carbonyl (C=O) groups excluding carboxylic acids is 2. The first kappa shape index (κ1) is 8.69. The fourth-order valence-corrected chi connectivity index (χ4v) is 2.61. The highest BCUT2D eigenvalue weighted by molar-refractivity contribution is 6.06. The SMILES string of the molecule is C#CCN1C(=O)[C@@H]2[C@H](C1=O)[C@H]1C=C[C@@H]2O1. The normalized spacial score (nSPS) is 41.1. The van der Waals surface area contributed by atoms with Crippen molar-refractivity contribution in [1.82, 2.24) is 4.90 Å². The summed E-state index contributed by atoms with van der Waals surface area (Å²) in [6, 6.07) is 0. The van der Waals surface area contributed by atoms with E-state index in [4.69, 9.17) is 11.2 Å². The van der Waals surface area contributed by atoms with Gasteiger partial charge >= 0.3 is 0 Å². The van der Waals surface area contributed by atoms with Crippen molar-refractivity contribution in [3.63, 3.8) is 0 Å². The van der Waals surface area contributed by atoms with E-state index in [1.165, 1.54) is 4.90 Å². The van der Waals surface area contributed by atoms with Crippen molar-refractivity contribution >= 4 is 11.8 Å². The summed E-state index contributed by atoms with van der Waals surface area (Å²) in [7, 11) is 0. The van der Waals surface area contributed by atoms with Crippen molar-refractivity contribution in [1.29, 1.82) is 0 Å². The van der Waals surface area contributed by atoms with E-state index in [2.05, 4.69) is 5.92 Å². The zero-order valence-corrected chi connectivity index (χ0v) is 7.92. The number of rotatable bonds is 1. The Morgan fingerprint density at radius 1 is 1.27 bits per heavy atom. The Bertz CT molecular complexity index is 390. The fourth-order valence-electron chi connectivity index (χ4n) is 2.61. The maximum Gasteiger partial charge on any atom is 0.237 e. The molecular weight excluding hydrogens is 194 g/mol. The Morgan fingerprint density at radius 3 is 2.27 bits per heavy atom. The topological polar surface area (TPSA) is 46.6 Å². The molecule has 4 heteroatoms. The molecule has 4 atom stereocenters. The molecule has 76 valence electrons. The summed E-state index contributed by atoms with van der Waals surface area (Å²) in [5.74, 6) is 1.31. The number of ether oxygens (including phenoxy) is 1. The molecule has 2 bridgehead atoms. The summed E-state index contributed by atoms with van der Waals surface area (Å²) < 4.78 is 5.48. The van der Waals surface area contributed by atoms with Crippen LogP contribution in [-0.4, -0.2) is 35.5 Å². The predicted molar refractivity (Wildman–Crippen MR) is 50.3 cm³/mol. The molecule has 0 radical (unpaired) electrons. The van der Waals surface area contributed by atoms with Crippen LogP contribution in [-0.2, 0) is 14.3 Å². The lowest BCUT2D eigenvalue weighted by atomic mass is 9.85. The first-order valence-electron chi connectivity index (χ1n) is 4.86. The van der Waals surface area contributed by atoms with Crippen LogP contribution in [0.3, 0.4) is 0 Å². The van der Waals surface area contributed by atoms with Gasteiger partial charge in [-0.2, -0.15) is 0 Å². The van der Waals surface area contributed by atoms with Crippen LogP contribution in [0.15, 0.2) is 12.2 Å². The van der Waals surface area contributed by atoms with Gasteiger partial charge in [0.2, 0.25) is 11.8 Å². The molecule has 15 heavy (non-hydrogen) atoms. The Balaban J connectivity index is 1.97. The summed E-state index contributed by atoms with van der Waals surface area (Å²) in [4.78, 5) is 24.9. The Kier molecular flexibility index (Phi) is 1.57. The molecule has 0 saturated carbocycles. The van der Waals surface area contributed by atoms with E-state index in [0.29, 0.717) is 0 Å². The highest BCUT2D eigenvalue weighted by Gasteiger charge is 2.60. The second-order valence-electron chi connectivity index (χ2n) is 3.97. The predicted octanol–water partition coefficient (Wildman–Crippen LogP) is -0.442. The van der Waals surface area contributed by atoms with Gasteiger partial charge in [-0.3, -0.25) is 14.5 Å². The van der Waals surface area contributed by atoms with Crippen LogP contribution in [0.2, 0.25) is 0 Å². The maximum absolute atomic E-state index is 11.9. The third-order valence-electron chi connectivity index (χ3n) is 3.25. The quantitative estimate of drug-likeness (QED) is 0.329. The van der Waals surface area contributed by atoms with Crippen molar-refractivity contribution in [2.24, 2.45) is 11.8 Å². The zero-order chi connectivity index (χ0) is 10.6. The van der Waals surface area contributed by atoms with E-state index in [1.54, 1.807) is 0 Å². The van der Waals surface area contributed by atoms with Crippen molar-refractivity contribution in [2.45, 2.75) is 12.2 Å². The number of imide groups is 1. The average Bonchev–Trinajstić information content (AvgIpc) is 2.87. The van der Waals surface area contributed by atoms with E-state index in [0.717, 1.165) is 0 Å². The number of fused-ring (bicyclic) bond motifs is 5. The van der Waals surface area contributed by atoms with Gasteiger partial charge in [0.25, 0.3) is 0 Å². The van der Waals surface area contributed by atoms with Crippen molar-refractivity contribution in [2.75, 3.05) is 6.54 Å². The van der Waals surface area contributed by atoms with Crippen LogP contribution in [0.5, 0.6) is 0 Å². The number of hydrogen-bond acceptors (Lipinski definition) is 3. The Labute approximate surface area is 86.9 Å². The highest BCUT2D eigenvalue weighted by atomic mass is 16.5. The van der Waals surface area contributed by atoms with Crippen molar-refractivity contribution < 1.29 is 14.3 Å². The first-order valence-corrected chi connectivity index (χ1v) is 4.86. The average molecular weight is 203 g/mol. The number of amides is 2. The minimum atomic E-state index is -0.333. The molecule has 2 fully saturated rings. The molecule has 0 N–H and O–H groups in total. The molecule has 0 aliphatic carbocycles. The van der Waals surface area contributed by atoms with E-state index in [9.17, 15) is 9.59 Å². The van der Waals surface area contributed by atoms with Crippen molar-refractivity contribution in [3.8, 4) is 12.3 Å². The lowest BCUT2D eigenvalue weighted by molar-refractivity contribution is -0.141. The van der Waals surface area contributed by atoms with Crippen LogP contribution >= 0.6 is 0 Å². The molecule has 3 heterocycles. The third kappa shape index (κ3) is 0.910. The number of likely N-dealkylation sites (tertiary alicyclic amines) is 1. The molecular formula is C11H9NO3. The van der Waals surface area contributed by atoms with Crippen LogP contribution < -0.4 is 0 Å². The van der Waals surface area contributed by atoms with E-state index in [1.807, 2.05) is 12.2 Å². The van der Waals surface area contributed by atoms with Crippen molar-refractivity contribution in [3.05, 3.63) is 12.2 Å². The van der Waals surface area contributed by atoms with Gasteiger partial charge in [-0.25, -0.2) is 0 Å². The maximum atomic E-state index is 11.9. The first-order chi connectivity index (χ1) is 7.24. The molecule has 2 saturated heterocycles. The summed E-state index contributed by atoms with van der Waals surface area (Å²) >= 11 is 0. The second kappa shape index (κ2) is 2.71. The molecule has 0 aromatic heterocycles. The number of nitrogens with zero attached hydrogens (tertiary/aromatic N) is 1. The van der Waals surface area contributed by atoms with Gasteiger partial charge in [0.1, 0.15) is 0 Å². The smallest absolute Gasteiger partial charge is 0.237 e. The van der Waals surface area contributed by atoms with E-state index >= 15 is 0 Å². The molecule has 3 aliphatic heterocycles. The largest absolute Gasteiger partial charge is 0.365 e. The number of terminal acetylenes is 1. The van der Waals surface area contributed by atoms with Crippen LogP contribution in [0.4, 0.5) is 0 Å². The lowest BCUT2D eigenvalue weighted by Gasteiger charge is -2.13. The van der Waals surface area contributed by atoms with Gasteiger partial charge in [-0.05, 0) is 0 Å². The zero-order valence-electron chi connectivity index (χ0n) is 7.92. The summed E-state index contributed by atoms with van der Waals surface area (Å²) in [6.45, 7) is 0.0735. The lowest BCUT2D eigenvalue weighted by Crippen LogP contribution is -2.34. The summed E-state index contributed by atoms with van der Waals surface area (Å²) in [5.41, 5.74) is 0. The second-order valence-corrected chi connectivity index (χ2v) is 3.97. The van der Waals surface area contributed by atoms with Gasteiger partial charge in [0.15, 0.2) is 0 Å². The van der Waals surface area contributed by atoms with Gasteiger partial charge in [-0.15, -0.1) is 6.42 Å². The molecule has 3 rings (SSSR count). The molecule has 3 aliphatic rings. The van der Waals surface area contributed by atoms with Crippen LogP contribution in [0.25, 0.3) is 0 Å². The minimum Gasteiger partial charge on any atom is -0.365 e. The van der Waals surface area contributed by atoms with E-state index in [-0.39, 0.29) is 42.4 Å². The van der Waals surface area contributed by atoms with Gasteiger partial charge < -0.3 is 4.74 Å². The van der Waals surface area contributed by atoms with Crippen LogP contribution in [0, 0.1) is 24.2 Å². The molecule has 2 amide bonds. The summed E-state index contributed by atoms with van der Waals surface area (Å²) in [6.07, 6.45) is 8.39. The molecule has 4 nitrogen and oxygen atoms in total. The van der Waals surface area contributed by atoms with Gasteiger partial charge in [-0.1, -0.05) is 18.1 Å². The Morgan fingerprint density at radius 2 is 1.80 bits per heavy atom. The fraction of sp³-hybridized carbons (Fsp3) is 0.455. The number of carbonyl (C=O) groups is 2. The monoisotopic (exact) mass is 203 g/mol.